The van der Waals surface area contributed by atoms with Crippen LogP contribution >= 0.6 is 0 Å². The van der Waals surface area contributed by atoms with Crippen LogP contribution in [0.3, 0.4) is 0 Å². The maximum Gasteiger partial charge on any atom is 0.240 e. The number of aryl methyl sites for hydroxylation is 1. The third kappa shape index (κ3) is 3.43. The van der Waals surface area contributed by atoms with E-state index in [4.69, 9.17) is 9.78 Å². The highest BCUT2D eigenvalue weighted by molar-refractivity contribution is 5.49. The van der Waals surface area contributed by atoms with Crippen LogP contribution in [0.5, 0.6) is 0 Å². The number of benzene rings is 1. The third-order valence-electron chi connectivity index (χ3n) is 3.88. The van der Waals surface area contributed by atoms with E-state index in [0.29, 0.717) is 23.8 Å². The fourth-order valence-corrected chi connectivity index (χ4v) is 2.73. The third-order valence-corrected chi connectivity index (χ3v) is 3.88. The number of nitrogens with zero attached hydrogens (tertiary/aromatic N) is 5. The second kappa shape index (κ2) is 6.58. The maximum absolute atomic E-state index is 8.87. The van der Waals surface area contributed by atoms with E-state index in [1.165, 1.54) is 5.69 Å². The lowest BCUT2D eigenvalue weighted by Gasteiger charge is -2.23. The van der Waals surface area contributed by atoms with Crippen LogP contribution in [0.4, 0.5) is 5.69 Å². The van der Waals surface area contributed by atoms with Gasteiger partial charge in [0, 0.05) is 31.9 Å². The minimum Gasteiger partial charge on any atom is -0.370 e. The van der Waals surface area contributed by atoms with Crippen molar-refractivity contribution in [3.8, 4) is 6.07 Å². The van der Waals surface area contributed by atoms with Crippen molar-refractivity contribution in [1.29, 1.82) is 5.26 Å². The summed E-state index contributed by atoms with van der Waals surface area (Å²) in [5, 5.41) is 12.7. The highest BCUT2D eigenvalue weighted by Crippen LogP contribution is 2.18. The zero-order valence-electron chi connectivity index (χ0n) is 12.7. The van der Waals surface area contributed by atoms with Crippen LogP contribution < -0.4 is 4.90 Å². The molecule has 0 spiro atoms. The lowest BCUT2D eigenvalue weighted by molar-refractivity contribution is 0.239. The summed E-state index contributed by atoms with van der Waals surface area (Å²) in [6, 6.07) is 9.95. The first kappa shape index (κ1) is 14.5. The molecule has 0 unspecified atom stereocenters. The quantitative estimate of drug-likeness (QED) is 0.862. The Hall–Kier alpha value is -2.39. The summed E-state index contributed by atoms with van der Waals surface area (Å²) in [5.74, 6) is 1.37. The average Bonchev–Trinajstić information content (AvgIpc) is 2.81. The molecule has 2 aromatic rings. The van der Waals surface area contributed by atoms with E-state index in [1.807, 2.05) is 31.2 Å². The van der Waals surface area contributed by atoms with Crippen LogP contribution in [0.1, 0.15) is 23.7 Å². The highest BCUT2D eigenvalue weighted by Gasteiger charge is 2.17. The molecule has 1 aliphatic rings. The van der Waals surface area contributed by atoms with Crippen LogP contribution in [0.2, 0.25) is 0 Å². The molecule has 1 aromatic carbocycles. The van der Waals surface area contributed by atoms with Crippen LogP contribution in [-0.4, -0.2) is 41.2 Å². The van der Waals surface area contributed by atoms with Crippen molar-refractivity contribution in [2.45, 2.75) is 19.9 Å². The second-order valence-corrected chi connectivity index (χ2v) is 5.51. The molecule has 0 amide bonds. The fourth-order valence-electron chi connectivity index (χ4n) is 2.73. The Bertz CT molecular complexity index is 658. The van der Waals surface area contributed by atoms with Gasteiger partial charge < -0.3 is 9.42 Å². The van der Waals surface area contributed by atoms with Gasteiger partial charge in [-0.25, -0.2) is 0 Å². The summed E-state index contributed by atoms with van der Waals surface area (Å²) in [6.45, 7) is 6.50. The molecular weight excluding hydrogens is 278 g/mol. The minimum atomic E-state index is 0.684. The van der Waals surface area contributed by atoms with Crippen molar-refractivity contribution in [2.24, 2.45) is 0 Å². The summed E-state index contributed by atoms with van der Waals surface area (Å²) >= 11 is 0. The molecule has 6 nitrogen and oxygen atoms in total. The Morgan fingerprint density at radius 3 is 2.68 bits per heavy atom. The van der Waals surface area contributed by atoms with Crippen molar-refractivity contribution in [1.82, 2.24) is 15.0 Å². The Labute approximate surface area is 129 Å². The number of hydrogen-bond acceptors (Lipinski definition) is 6. The first-order valence-electron chi connectivity index (χ1n) is 7.51. The lowest BCUT2D eigenvalue weighted by Crippen LogP contribution is -2.30. The standard InChI is InChI=1S/C16H19N5O/c1-13-18-16(22-19-13)12-20-7-2-8-21(10-9-20)15-5-3-14(11-17)4-6-15/h3-6H,2,7-10,12H2,1H3. The molecule has 1 fully saturated rings. The molecular formula is C16H19N5O. The predicted molar refractivity (Wildman–Crippen MR) is 82.3 cm³/mol. The molecule has 0 saturated carbocycles. The van der Waals surface area contributed by atoms with Gasteiger partial charge in [0.25, 0.3) is 0 Å². The molecule has 0 atom stereocenters. The highest BCUT2D eigenvalue weighted by atomic mass is 16.5. The molecule has 22 heavy (non-hydrogen) atoms. The van der Waals surface area contributed by atoms with Crippen molar-refractivity contribution < 1.29 is 4.52 Å². The van der Waals surface area contributed by atoms with Gasteiger partial charge in [-0.2, -0.15) is 10.2 Å². The molecule has 6 heteroatoms. The topological polar surface area (TPSA) is 69.2 Å². The van der Waals surface area contributed by atoms with Crippen molar-refractivity contribution in [2.75, 3.05) is 31.1 Å². The van der Waals surface area contributed by atoms with Crippen molar-refractivity contribution in [3.05, 3.63) is 41.5 Å². The number of hydrogen-bond donors (Lipinski definition) is 0. The van der Waals surface area contributed by atoms with E-state index in [9.17, 15) is 0 Å². The van der Waals surface area contributed by atoms with Gasteiger partial charge in [-0.15, -0.1) is 0 Å². The SMILES string of the molecule is Cc1noc(CN2CCCN(c3ccc(C#N)cc3)CC2)n1. The second-order valence-electron chi connectivity index (χ2n) is 5.51. The molecule has 1 saturated heterocycles. The molecule has 0 bridgehead atoms. The van der Waals surface area contributed by atoms with Crippen LogP contribution in [0, 0.1) is 18.3 Å². The van der Waals surface area contributed by atoms with Gasteiger partial charge in [-0.3, -0.25) is 4.90 Å². The average molecular weight is 297 g/mol. The molecule has 0 aliphatic carbocycles. The Morgan fingerprint density at radius 2 is 2.00 bits per heavy atom. The van der Waals surface area contributed by atoms with Gasteiger partial charge >= 0.3 is 0 Å². The zero-order chi connectivity index (χ0) is 15.4. The summed E-state index contributed by atoms with van der Waals surface area (Å²) in [4.78, 5) is 8.97. The van der Waals surface area contributed by atoms with Crippen LogP contribution in [-0.2, 0) is 6.54 Å². The largest absolute Gasteiger partial charge is 0.370 e. The summed E-state index contributed by atoms with van der Waals surface area (Å²) in [7, 11) is 0. The molecule has 3 rings (SSSR count). The van der Waals surface area contributed by atoms with E-state index in [0.717, 1.165) is 32.6 Å². The Balaban J connectivity index is 1.60. The minimum absolute atomic E-state index is 0.684. The Kier molecular flexibility index (Phi) is 4.35. The van der Waals surface area contributed by atoms with Gasteiger partial charge in [-0.05, 0) is 37.6 Å². The molecule has 1 aromatic heterocycles. The Morgan fingerprint density at radius 1 is 1.18 bits per heavy atom. The summed E-state index contributed by atoms with van der Waals surface area (Å²) in [6.07, 6.45) is 1.09. The number of aromatic nitrogens is 2. The van der Waals surface area contributed by atoms with E-state index < -0.39 is 0 Å². The molecule has 1 aliphatic heterocycles. The molecule has 0 N–H and O–H groups in total. The molecule has 0 radical (unpaired) electrons. The summed E-state index contributed by atoms with van der Waals surface area (Å²) in [5.41, 5.74) is 1.88. The lowest BCUT2D eigenvalue weighted by atomic mass is 10.2. The van der Waals surface area contributed by atoms with Crippen molar-refractivity contribution >= 4 is 5.69 Å². The zero-order valence-corrected chi connectivity index (χ0v) is 12.7. The van der Waals surface area contributed by atoms with Crippen molar-refractivity contribution in [3.63, 3.8) is 0 Å². The fraction of sp³-hybridized carbons (Fsp3) is 0.438. The van der Waals surface area contributed by atoms with Gasteiger partial charge in [0.15, 0.2) is 5.82 Å². The van der Waals surface area contributed by atoms with Gasteiger partial charge in [0.2, 0.25) is 5.89 Å². The van der Waals surface area contributed by atoms with Gasteiger partial charge in [0.05, 0.1) is 18.2 Å². The van der Waals surface area contributed by atoms with E-state index in [1.54, 1.807) is 0 Å². The van der Waals surface area contributed by atoms with Gasteiger partial charge in [-0.1, -0.05) is 5.16 Å². The monoisotopic (exact) mass is 297 g/mol. The molecule has 114 valence electrons. The predicted octanol–water partition coefficient (Wildman–Crippen LogP) is 1.96. The number of nitriles is 1. The summed E-state index contributed by atoms with van der Waals surface area (Å²) < 4.78 is 5.20. The first-order chi connectivity index (χ1) is 10.7. The molecule has 2 heterocycles. The van der Waals surface area contributed by atoms with E-state index in [-0.39, 0.29) is 0 Å². The van der Waals surface area contributed by atoms with Gasteiger partial charge in [0.1, 0.15) is 0 Å². The first-order valence-corrected chi connectivity index (χ1v) is 7.51. The number of anilines is 1. The van der Waals surface area contributed by atoms with E-state index >= 15 is 0 Å². The van der Waals surface area contributed by atoms with Crippen LogP contribution in [0.25, 0.3) is 0 Å². The smallest absolute Gasteiger partial charge is 0.240 e. The number of rotatable bonds is 3. The maximum atomic E-state index is 8.87. The van der Waals surface area contributed by atoms with Crippen LogP contribution in [0.15, 0.2) is 28.8 Å². The normalized spacial score (nSPS) is 16.3. The van der Waals surface area contributed by atoms with E-state index in [2.05, 4.69) is 26.0 Å².